The van der Waals surface area contributed by atoms with Gasteiger partial charge in [0.15, 0.2) is 0 Å². The first kappa shape index (κ1) is 10.5. The Kier molecular flexibility index (Phi) is 2.86. The van der Waals surface area contributed by atoms with E-state index in [-0.39, 0.29) is 6.04 Å². The summed E-state index contributed by atoms with van der Waals surface area (Å²) < 4.78 is 5.46. The Bertz CT molecular complexity index is 272. The standard InChI is InChI=1S/C12H20N2O2/c15-12-11(13-9-3-4-9)5-6-14(12)10-2-1-7-16-8-10/h9-11,13H,1-8H2. The van der Waals surface area contributed by atoms with E-state index < -0.39 is 0 Å². The third-order valence-corrected chi connectivity index (χ3v) is 3.83. The predicted molar refractivity (Wildman–Crippen MR) is 60.1 cm³/mol. The van der Waals surface area contributed by atoms with Crippen molar-refractivity contribution < 1.29 is 9.53 Å². The van der Waals surface area contributed by atoms with Crippen LogP contribution in [0.4, 0.5) is 0 Å². The highest BCUT2D eigenvalue weighted by Gasteiger charge is 2.38. The number of rotatable bonds is 3. The molecule has 0 aromatic rings. The van der Waals surface area contributed by atoms with Crippen molar-refractivity contribution in [2.45, 2.75) is 50.2 Å². The number of carbonyl (C=O) groups is 1. The number of nitrogens with zero attached hydrogens (tertiary/aromatic N) is 1. The van der Waals surface area contributed by atoms with Crippen LogP contribution >= 0.6 is 0 Å². The van der Waals surface area contributed by atoms with Gasteiger partial charge in [-0.15, -0.1) is 0 Å². The summed E-state index contributed by atoms with van der Waals surface area (Å²) in [5.41, 5.74) is 0. The van der Waals surface area contributed by atoms with Crippen molar-refractivity contribution in [3.05, 3.63) is 0 Å². The summed E-state index contributed by atoms with van der Waals surface area (Å²) in [6, 6.07) is 1.05. The van der Waals surface area contributed by atoms with Gasteiger partial charge in [0.25, 0.3) is 0 Å². The molecule has 0 radical (unpaired) electrons. The smallest absolute Gasteiger partial charge is 0.240 e. The second-order valence-corrected chi connectivity index (χ2v) is 5.18. The summed E-state index contributed by atoms with van der Waals surface area (Å²) >= 11 is 0. The van der Waals surface area contributed by atoms with Crippen molar-refractivity contribution in [2.24, 2.45) is 0 Å². The molecular weight excluding hydrogens is 204 g/mol. The molecule has 2 aliphatic heterocycles. The van der Waals surface area contributed by atoms with Gasteiger partial charge < -0.3 is 15.0 Å². The Morgan fingerprint density at radius 2 is 2.12 bits per heavy atom. The Balaban J connectivity index is 1.57. The number of hydrogen-bond donors (Lipinski definition) is 1. The molecule has 2 unspecified atom stereocenters. The van der Waals surface area contributed by atoms with Gasteiger partial charge in [-0.1, -0.05) is 0 Å². The van der Waals surface area contributed by atoms with Gasteiger partial charge in [-0.3, -0.25) is 4.79 Å². The van der Waals surface area contributed by atoms with Gasteiger partial charge in [0.1, 0.15) is 0 Å². The first-order valence-electron chi connectivity index (χ1n) is 6.49. The summed E-state index contributed by atoms with van der Waals surface area (Å²) in [7, 11) is 0. The number of likely N-dealkylation sites (tertiary alicyclic amines) is 1. The number of amides is 1. The molecule has 1 aliphatic carbocycles. The van der Waals surface area contributed by atoms with E-state index in [1.165, 1.54) is 12.8 Å². The zero-order chi connectivity index (χ0) is 11.0. The maximum absolute atomic E-state index is 12.2. The van der Waals surface area contributed by atoms with Gasteiger partial charge in [0.05, 0.1) is 18.7 Å². The van der Waals surface area contributed by atoms with Crippen LogP contribution in [-0.4, -0.2) is 48.7 Å². The summed E-state index contributed by atoms with van der Waals surface area (Å²) in [6.07, 6.45) is 5.68. The number of hydrogen-bond acceptors (Lipinski definition) is 3. The Morgan fingerprint density at radius 1 is 1.25 bits per heavy atom. The van der Waals surface area contributed by atoms with Crippen molar-refractivity contribution in [3.8, 4) is 0 Å². The average Bonchev–Trinajstić information content (AvgIpc) is 3.06. The van der Waals surface area contributed by atoms with Gasteiger partial charge in [-0.2, -0.15) is 0 Å². The highest BCUT2D eigenvalue weighted by Crippen LogP contribution is 2.25. The van der Waals surface area contributed by atoms with Crippen LogP contribution in [0.3, 0.4) is 0 Å². The molecule has 4 heteroatoms. The topological polar surface area (TPSA) is 41.6 Å². The maximum atomic E-state index is 12.2. The van der Waals surface area contributed by atoms with Gasteiger partial charge in [-0.25, -0.2) is 0 Å². The third kappa shape index (κ3) is 2.09. The molecule has 0 aromatic carbocycles. The fraction of sp³-hybridized carbons (Fsp3) is 0.917. The van der Waals surface area contributed by atoms with Crippen LogP contribution in [0.25, 0.3) is 0 Å². The summed E-state index contributed by atoms with van der Waals surface area (Å²) in [4.78, 5) is 14.2. The molecule has 3 aliphatic rings. The fourth-order valence-corrected chi connectivity index (χ4v) is 2.72. The molecule has 3 rings (SSSR count). The van der Waals surface area contributed by atoms with Crippen LogP contribution < -0.4 is 5.32 Å². The summed E-state index contributed by atoms with van der Waals surface area (Å²) in [5, 5.41) is 3.44. The van der Waals surface area contributed by atoms with Gasteiger partial charge in [0, 0.05) is 19.2 Å². The number of carbonyl (C=O) groups excluding carboxylic acids is 1. The zero-order valence-corrected chi connectivity index (χ0v) is 9.65. The van der Waals surface area contributed by atoms with Crippen LogP contribution in [0, 0.1) is 0 Å². The molecule has 90 valence electrons. The quantitative estimate of drug-likeness (QED) is 0.760. The van der Waals surface area contributed by atoms with Crippen molar-refractivity contribution in [1.82, 2.24) is 10.2 Å². The lowest BCUT2D eigenvalue weighted by Crippen LogP contribution is -2.46. The number of ether oxygens (including phenoxy) is 1. The summed E-state index contributed by atoms with van der Waals surface area (Å²) in [6.45, 7) is 2.52. The molecule has 1 N–H and O–H groups in total. The van der Waals surface area contributed by atoms with Crippen molar-refractivity contribution in [1.29, 1.82) is 0 Å². The van der Waals surface area contributed by atoms with Crippen LogP contribution in [-0.2, 0) is 9.53 Å². The van der Waals surface area contributed by atoms with E-state index in [9.17, 15) is 4.79 Å². The third-order valence-electron chi connectivity index (χ3n) is 3.83. The zero-order valence-electron chi connectivity index (χ0n) is 9.65. The molecule has 1 saturated carbocycles. The van der Waals surface area contributed by atoms with Crippen LogP contribution in [0.15, 0.2) is 0 Å². The molecule has 0 bridgehead atoms. The minimum Gasteiger partial charge on any atom is -0.379 e. The van der Waals surface area contributed by atoms with Gasteiger partial charge >= 0.3 is 0 Å². The lowest BCUT2D eigenvalue weighted by Gasteiger charge is -2.31. The highest BCUT2D eigenvalue weighted by molar-refractivity contribution is 5.84. The van der Waals surface area contributed by atoms with E-state index in [1.54, 1.807) is 0 Å². The molecule has 0 spiro atoms. The minimum absolute atomic E-state index is 0.0921. The van der Waals surface area contributed by atoms with Crippen LogP contribution in [0.2, 0.25) is 0 Å². The number of nitrogens with one attached hydrogen (secondary N) is 1. The molecular formula is C12H20N2O2. The van der Waals surface area contributed by atoms with Crippen LogP contribution in [0.5, 0.6) is 0 Å². The first-order chi connectivity index (χ1) is 7.84. The van der Waals surface area contributed by atoms with Crippen molar-refractivity contribution in [3.63, 3.8) is 0 Å². The molecule has 16 heavy (non-hydrogen) atoms. The monoisotopic (exact) mass is 224 g/mol. The van der Waals surface area contributed by atoms with Gasteiger partial charge in [-0.05, 0) is 32.1 Å². The Labute approximate surface area is 96.3 Å². The molecule has 1 amide bonds. The maximum Gasteiger partial charge on any atom is 0.240 e. The fourth-order valence-electron chi connectivity index (χ4n) is 2.72. The first-order valence-corrected chi connectivity index (χ1v) is 6.49. The molecule has 2 atom stereocenters. The molecule has 3 fully saturated rings. The second kappa shape index (κ2) is 4.34. The largest absolute Gasteiger partial charge is 0.379 e. The molecule has 2 saturated heterocycles. The Morgan fingerprint density at radius 3 is 2.81 bits per heavy atom. The van der Waals surface area contributed by atoms with Gasteiger partial charge in [0.2, 0.25) is 5.91 Å². The van der Waals surface area contributed by atoms with E-state index >= 15 is 0 Å². The molecule has 0 aromatic heterocycles. The lowest BCUT2D eigenvalue weighted by molar-refractivity contribution is -0.133. The van der Waals surface area contributed by atoms with Crippen molar-refractivity contribution >= 4 is 5.91 Å². The van der Waals surface area contributed by atoms with E-state index in [0.29, 0.717) is 18.0 Å². The molecule has 2 heterocycles. The van der Waals surface area contributed by atoms with E-state index in [4.69, 9.17) is 4.74 Å². The second-order valence-electron chi connectivity index (χ2n) is 5.18. The predicted octanol–water partition coefficient (Wildman–Crippen LogP) is 0.518. The van der Waals surface area contributed by atoms with E-state index in [2.05, 4.69) is 5.32 Å². The molecule has 4 nitrogen and oxygen atoms in total. The summed E-state index contributed by atoms with van der Waals surface area (Å²) in [5.74, 6) is 0.308. The van der Waals surface area contributed by atoms with E-state index in [1.807, 2.05) is 4.90 Å². The highest BCUT2D eigenvalue weighted by atomic mass is 16.5. The average molecular weight is 224 g/mol. The normalized spacial score (nSPS) is 35.8. The lowest BCUT2D eigenvalue weighted by atomic mass is 10.1. The van der Waals surface area contributed by atoms with Crippen LogP contribution in [0.1, 0.15) is 32.1 Å². The van der Waals surface area contributed by atoms with E-state index in [0.717, 1.165) is 39.0 Å². The van der Waals surface area contributed by atoms with Crippen molar-refractivity contribution in [2.75, 3.05) is 19.8 Å². The Hall–Kier alpha value is -0.610. The minimum atomic E-state index is 0.0921. The SMILES string of the molecule is O=C1C(NC2CC2)CCN1C1CCCOC1.